The SMILES string of the molecule is CN=C(NCc1ccccc1OC1CCCC1)Nc1ccc(OC)c(OC)c1. The van der Waals surface area contributed by atoms with Gasteiger partial charge in [0.05, 0.1) is 20.3 Å². The molecule has 0 aromatic heterocycles. The minimum Gasteiger partial charge on any atom is -0.493 e. The summed E-state index contributed by atoms with van der Waals surface area (Å²) >= 11 is 0. The van der Waals surface area contributed by atoms with Crippen LogP contribution >= 0.6 is 0 Å². The number of methoxy groups -OCH3 is 2. The van der Waals surface area contributed by atoms with Crippen LogP contribution in [-0.2, 0) is 6.54 Å². The van der Waals surface area contributed by atoms with E-state index in [0.29, 0.717) is 30.1 Å². The third-order valence-corrected chi connectivity index (χ3v) is 4.88. The minimum absolute atomic E-state index is 0.338. The fourth-order valence-electron chi connectivity index (χ4n) is 3.36. The molecular weight excluding hydrogens is 354 g/mol. The van der Waals surface area contributed by atoms with Gasteiger partial charge in [0.15, 0.2) is 17.5 Å². The number of rotatable bonds is 7. The normalized spacial score (nSPS) is 14.6. The van der Waals surface area contributed by atoms with Gasteiger partial charge in [0.1, 0.15) is 5.75 Å². The molecule has 2 aromatic rings. The van der Waals surface area contributed by atoms with Gasteiger partial charge in [-0.25, -0.2) is 0 Å². The van der Waals surface area contributed by atoms with Crippen molar-refractivity contribution in [3.8, 4) is 17.2 Å². The van der Waals surface area contributed by atoms with Crippen molar-refractivity contribution in [1.29, 1.82) is 0 Å². The van der Waals surface area contributed by atoms with Crippen molar-refractivity contribution < 1.29 is 14.2 Å². The molecule has 1 aliphatic carbocycles. The molecule has 0 bridgehead atoms. The fourth-order valence-corrected chi connectivity index (χ4v) is 3.36. The number of nitrogens with one attached hydrogen (secondary N) is 2. The van der Waals surface area contributed by atoms with Crippen molar-refractivity contribution in [1.82, 2.24) is 5.32 Å². The second-order valence-corrected chi connectivity index (χ2v) is 6.75. The Labute approximate surface area is 166 Å². The zero-order valence-corrected chi connectivity index (χ0v) is 16.8. The summed E-state index contributed by atoms with van der Waals surface area (Å²) in [6.07, 6.45) is 5.14. The van der Waals surface area contributed by atoms with E-state index in [1.54, 1.807) is 21.3 Å². The lowest BCUT2D eigenvalue weighted by Crippen LogP contribution is -2.30. The molecule has 6 nitrogen and oxygen atoms in total. The number of anilines is 1. The van der Waals surface area contributed by atoms with Crippen LogP contribution in [0.4, 0.5) is 5.69 Å². The first-order valence-electron chi connectivity index (χ1n) is 9.67. The molecule has 0 unspecified atom stereocenters. The lowest BCUT2D eigenvalue weighted by molar-refractivity contribution is 0.208. The molecule has 150 valence electrons. The molecule has 1 saturated carbocycles. The van der Waals surface area contributed by atoms with Gasteiger partial charge < -0.3 is 24.8 Å². The quantitative estimate of drug-likeness (QED) is 0.554. The molecular formula is C22H29N3O3. The summed E-state index contributed by atoms with van der Waals surface area (Å²) in [5.41, 5.74) is 1.98. The monoisotopic (exact) mass is 383 g/mol. The average Bonchev–Trinajstić information content (AvgIpc) is 3.25. The lowest BCUT2D eigenvalue weighted by atomic mass is 10.2. The van der Waals surface area contributed by atoms with Crippen molar-refractivity contribution in [2.75, 3.05) is 26.6 Å². The third kappa shape index (κ3) is 5.09. The van der Waals surface area contributed by atoms with Crippen molar-refractivity contribution in [2.24, 2.45) is 4.99 Å². The topological polar surface area (TPSA) is 64.1 Å². The summed E-state index contributed by atoms with van der Waals surface area (Å²) < 4.78 is 16.9. The number of nitrogens with zero attached hydrogens (tertiary/aromatic N) is 1. The van der Waals surface area contributed by atoms with Gasteiger partial charge in [-0.15, -0.1) is 0 Å². The van der Waals surface area contributed by atoms with E-state index in [0.717, 1.165) is 29.8 Å². The molecule has 0 spiro atoms. The zero-order valence-electron chi connectivity index (χ0n) is 16.8. The van der Waals surface area contributed by atoms with Gasteiger partial charge in [0.2, 0.25) is 0 Å². The molecule has 0 aliphatic heterocycles. The van der Waals surface area contributed by atoms with Crippen LogP contribution in [0.25, 0.3) is 0 Å². The average molecular weight is 383 g/mol. The lowest BCUT2D eigenvalue weighted by Gasteiger charge is -2.18. The van der Waals surface area contributed by atoms with Gasteiger partial charge in [-0.3, -0.25) is 4.99 Å². The molecule has 1 fully saturated rings. The number of aliphatic imine (C=N–C) groups is 1. The van der Waals surface area contributed by atoms with E-state index in [4.69, 9.17) is 14.2 Å². The van der Waals surface area contributed by atoms with Crippen LogP contribution in [0.1, 0.15) is 31.2 Å². The number of para-hydroxylation sites is 1. The van der Waals surface area contributed by atoms with Crippen molar-refractivity contribution >= 4 is 11.6 Å². The minimum atomic E-state index is 0.338. The predicted octanol–water partition coefficient (Wildman–Crippen LogP) is 4.21. The summed E-state index contributed by atoms with van der Waals surface area (Å²) in [6.45, 7) is 0.621. The van der Waals surface area contributed by atoms with Crippen LogP contribution in [0.5, 0.6) is 17.2 Å². The molecule has 3 rings (SSSR count). The van der Waals surface area contributed by atoms with Crippen LogP contribution in [0, 0.1) is 0 Å². The summed E-state index contributed by atoms with van der Waals surface area (Å²) in [4.78, 5) is 4.31. The number of ether oxygens (including phenoxy) is 3. The molecule has 0 saturated heterocycles. The van der Waals surface area contributed by atoms with Gasteiger partial charge in [-0.2, -0.15) is 0 Å². The Balaban J connectivity index is 1.63. The third-order valence-electron chi connectivity index (χ3n) is 4.88. The zero-order chi connectivity index (χ0) is 19.8. The highest BCUT2D eigenvalue weighted by Crippen LogP contribution is 2.30. The van der Waals surface area contributed by atoms with Gasteiger partial charge in [-0.1, -0.05) is 18.2 Å². The van der Waals surface area contributed by atoms with E-state index >= 15 is 0 Å². The number of guanidine groups is 1. The van der Waals surface area contributed by atoms with E-state index in [1.807, 2.05) is 36.4 Å². The Kier molecular flexibility index (Phi) is 7.00. The smallest absolute Gasteiger partial charge is 0.195 e. The van der Waals surface area contributed by atoms with Gasteiger partial charge in [-0.05, 0) is 43.9 Å². The second-order valence-electron chi connectivity index (χ2n) is 6.75. The first-order valence-corrected chi connectivity index (χ1v) is 9.67. The van der Waals surface area contributed by atoms with E-state index < -0.39 is 0 Å². The van der Waals surface area contributed by atoms with E-state index in [2.05, 4.69) is 21.7 Å². The fraction of sp³-hybridized carbons (Fsp3) is 0.409. The molecule has 28 heavy (non-hydrogen) atoms. The molecule has 0 atom stereocenters. The molecule has 0 heterocycles. The first kappa shape index (κ1) is 19.9. The van der Waals surface area contributed by atoms with E-state index in [9.17, 15) is 0 Å². The van der Waals surface area contributed by atoms with Crippen molar-refractivity contribution in [3.63, 3.8) is 0 Å². The van der Waals surface area contributed by atoms with Crippen LogP contribution < -0.4 is 24.8 Å². The van der Waals surface area contributed by atoms with Crippen molar-refractivity contribution in [2.45, 2.75) is 38.3 Å². The number of hydrogen-bond donors (Lipinski definition) is 2. The van der Waals surface area contributed by atoms with Gasteiger partial charge in [0, 0.05) is 30.9 Å². The molecule has 0 amide bonds. The standard InChI is InChI=1S/C22H29N3O3/c1-23-22(25-17-12-13-20(26-2)21(14-17)27-3)24-15-16-8-4-7-11-19(16)28-18-9-5-6-10-18/h4,7-8,11-14,18H,5-6,9-10,15H2,1-3H3,(H2,23,24,25). The van der Waals surface area contributed by atoms with Gasteiger partial charge >= 0.3 is 0 Å². The Morgan fingerprint density at radius 3 is 2.46 bits per heavy atom. The van der Waals surface area contributed by atoms with Crippen LogP contribution in [-0.4, -0.2) is 33.3 Å². The molecule has 2 aromatic carbocycles. The highest BCUT2D eigenvalue weighted by Gasteiger charge is 2.17. The highest BCUT2D eigenvalue weighted by atomic mass is 16.5. The largest absolute Gasteiger partial charge is 0.493 e. The van der Waals surface area contributed by atoms with Crippen LogP contribution in [0.2, 0.25) is 0 Å². The van der Waals surface area contributed by atoms with E-state index in [-0.39, 0.29) is 0 Å². The Hall–Kier alpha value is -2.89. The molecule has 2 N–H and O–H groups in total. The molecule has 1 aliphatic rings. The van der Waals surface area contributed by atoms with Crippen molar-refractivity contribution in [3.05, 3.63) is 48.0 Å². The number of benzene rings is 2. The summed E-state index contributed by atoms with van der Waals surface area (Å²) in [5, 5.41) is 6.63. The Bertz CT molecular complexity index is 801. The second kappa shape index (κ2) is 9.88. The Morgan fingerprint density at radius 2 is 1.75 bits per heavy atom. The van der Waals surface area contributed by atoms with Gasteiger partial charge in [0.25, 0.3) is 0 Å². The summed E-state index contributed by atoms with van der Waals surface area (Å²) in [6, 6.07) is 13.8. The maximum absolute atomic E-state index is 6.22. The van der Waals surface area contributed by atoms with E-state index in [1.165, 1.54) is 12.8 Å². The maximum atomic E-state index is 6.22. The first-order chi connectivity index (χ1) is 13.7. The molecule has 0 radical (unpaired) electrons. The summed E-state index contributed by atoms with van der Waals surface area (Å²) in [7, 11) is 4.99. The number of hydrogen-bond acceptors (Lipinski definition) is 4. The molecule has 6 heteroatoms. The van der Waals surface area contributed by atoms with Crippen LogP contribution in [0.15, 0.2) is 47.5 Å². The Morgan fingerprint density at radius 1 is 1.00 bits per heavy atom. The summed E-state index contributed by atoms with van der Waals surface area (Å²) in [5.74, 6) is 2.97. The highest BCUT2D eigenvalue weighted by molar-refractivity contribution is 5.93. The maximum Gasteiger partial charge on any atom is 0.195 e. The van der Waals surface area contributed by atoms with Crippen LogP contribution in [0.3, 0.4) is 0 Å². The predicted molar refractivity (Wildman–Crippen MR) is 113 cm³/mol.